The standard InChI is InChI=1S/C18H32N2O3/c1-2-3-4-5-6-7-8-9-10-11-17(21)12-13-18(22)23-20-15-14-19-16-20/h16H,2-15H2,1H3. The van der Waals surface area contributed by atoms with Gasteiger partial charge in [0, 0.05) is 12.8 Å². The zero-order valence-electron chi connectivity index (χ0n) is 14.6. The summed E-state index contributed by atoms with van der Waals surface area (Å²) >= 11 is 0. The Morgan fingerprint density at radius 2 is 1.61 bits per heavy atom. The molecule has 0 radical (unpaired) electrons. The number of hydrogen-bond donors (Lipinski definition) is 0. The van der Waals surface area contributed by atoms with E-state index >= 15 is 0 Å². The van der Waals surface area contributed by atoms with Gasteiger partial charge in [0.15, 0.2) is 0 Å². The van der Waals surface area contributed by atoms with Crippen molar-refractivity contribution in [1.82, 2.24) is 5.06 Å². The number of Topliss-reactive ketones (excluding diaryl/α,β-unsaturated/α-hetero) is 1. The molecule has 132 valence electrons. The van der Waals surface area contributed by atoms with Gasteiger partial charge in [0.05, 0.1) is 19.5 Å². The van der Waals surface area contributed by atoms with Crippen molar-refractivity contribution in [2.24, 2.45) is 4.99 Å². The fourth-order valence-corrected chi connectivity index (χ4v) is 2.61. The molecule has 0 aliphatic carbocycles. The fourth-order valence-electron chi connectivity index (χ4n) is 2.61. The van der Waals surface area contributed by atoms with E-state index in [0.29, 0.717) is 25.9 Å². The van der Waals surface area contributed by atoms with E-state index < -0.39 is 0 Å². The zero-order valence-corrected chi connectivity index (χ0v) is 14.6. The van der Waals surface area contributed by atoms with Crippen molar-refractivity contribution in [2.75, 3.05) is 13.1 Å². The molecule has 1 heterocycles. The molecular weight excluding hydrogens is 292 g/mol. The molecule has 0 saturated carbocycles. The normalized spacial score (nSPS) is 13.5. The van der Waals surface area contributed by atoms with Crippen LogP contribution in [0.15, 0.2) is 4.99 Å². The lowest BCUT2D eigenvalue weighted by atomic mass is 10.0. The number of carbonyl (C=O) groups is 2. The van der Waals surface area contributed by atoms with Crippen LogP contribution < -0.4 is 0 Å². The summed E-state index contributed by atoms with van der Waals surface area (Å²) in [6, 6.07) is 0. The van der Waals surface area contributed by atoms with Gasteiger partial charge in [-0.05, 0) is 6.42 Å². The highest BCUT2D eigenvalue weighted by Crippen LogP contribution is 2.11. The van der Waals surface area contributed by atoms with Crippen LogP contribution in [-0.2, 0) is 14.4 Å². The van der Waals surface area contributed by atoms with Gasteiger partial charge in [-0.3, -0.25) is 9.79 Å². The number of ketones is 1. The summed E-state index contributed by atoms with van der Waals surface area (Å²) in [5.74, 6) is -0.182. The third kappa shape index (κ3) is 10.9. The third-order valence-electron chi connectivity index (χ3n) is 4.05. The van der Waals surface area contributed by atoms with E-state index in [1.807, 2.05) is 0 Å². The molecular formula is C18H32N2O3. The summed E-state index contributed by atoms with van der Waals surface area (Å²) in [6.45, 7) is 3.50. The summed E-state index contributed by atoms with van der Waals surface area (Å²) in [5, 5.41) is 1.42. The largest absolute Gasteiger partial charge is 0.340 e. The first kappa shape index (κ1) is 19.7. The molecule has 0 unspecified atom stereocenters. The number of aliphatic imine (C=N–C) groups is 1. The first-order valence-electron chi connectivity index (χ1n) is 9.21. The topological polar surface area (TPSA) is 59.0 Å². The molecule has 0 bridgehead atoms. The van der Waals surface area contributed by atoms with E-state index in [-0.39, 0.29) is 18.2 Å². The summed E-state index contributed by atoms with van der Waals surface area (Å²) < 4.78 is 0. The first-order valence-corrected chi connectivity index (χ1v) is 9.21. The Hall–Kier alpha value is -1.39. The van der Waals surface area contributed by atoms with Crippen molar-refractivity contribution >= 4 is 18.1 Å². The Balaban J connectivity index is 1.88. The van der Waals surface area contributed by atoms with Crippen LogP contribution in [0.5, 0.6) is 0 Å². The Morgan fingerprint density at radius 1 is 0.957 bits per heavy atom. The molecule has 0 amide bonds. The fraction of sp³-hybridized carbons (Fsp3) is 0.833. The van der Waals surface area contributed by atoms with Crippen LogP contribution in [0, 0.1) is 0 Å². The molecule has 5 heteroatoms. The summed E-state index contributed by atoms with van der Waals surface area (Å²) in [4.78, 5) is 32.3. The number of hydroxylamine groups is 2. The molecule has 0 aromatic heterocycles. The molecule has 23 heavy (non-hydrogen) atoms. The first-order chi connectivity index (χ1) is 11.2. The van der Waals surface area contributed by atoms with Crippen LogP contribution in [0.2, 0.25) is 0 Å². The van der Waals surface area contributed by atoms with E-state index in [9.17, 15) is 9.59 Å². The molecule has 0 N–H and O–H groups in total. The van der Waals surface area contributed by atoms with Crippen LogP contribution in [0.1, 0.15) is 84.0 Å². The van der Waals surface area contributed by atoms with Crippen LogP contribution in [0.3, 0.4) is 0 Å². The zero-order chi connectivity index (χ0) is 16.8. The molecule has 0 saturated heterocycles. The van der Waals surface area contributed by atoms with Crippen LogP contribution in [-0.4, -0.2) is 36.2 Å². The van der Waals surface area contributed by atoms with Crippen molar-refractivity contribution in [3.8, 4) is 0 Å². The summed E-state index contributed by atoms with van der Waals surface area (Å²) in [6.07, 6.45) is 13.8. The molecule has 1 aliphatic heterocycles. The highest BCUT2D eigenvalue weighted by atomic mass is 16.7. The second-order valence-corrected chi connectivity index (χ2v) is 6.24. The molecule has 0 aromatic carbocycles. The number of nitrogens with zero attached hydrogens (tertiary/aromatic N) is 2. The lowest BCUT2D eigenvalue weighted by Crippen LogP contribution is -2.24. The van der Waals surface area contributed by atoms with Gasteiger partial charge in [0.1, 0.15) is 12.1 Å². The summed E-state index contributed by atoms with van der Waals surface area (Å²) in [7, 11) is 0. The van der Waals surface area contributed by atoms with Gasteiger partial charge < -0.3 is 4.84 Å². The van der Waals surface area contributed by atoms with Crippen molar-refractivity contribution in [3.05, 3.63) is 0 Å². The Labute approximate surface area is 140 Å². The van der Waals surface area contributed by atoms with E-state index in [4.69, 9.17) is 4.84 Å². The Morgan fingerprint density at radius 3 is 2.22 bits per heavy atom. The maximum absolute atomic E-state index is 11.7. The van der Waals surface area contributed by atoms with E-state index in [2.05, 4.69) is 11.9 Å². The van der Waals surface area contributed by atoms with Crippen LogP contribution in [0.4, 0.5) is 0 Å². The molecule has 0 aromatic rings. The van der Waals surface area contributed by atoms with Crippen molar-refractivity contribution < 1.29 is 14.4 Å². The highest BCUT2D eigenvalue weighted by Gasteiger charge is 2.13. The maximum Gasteiger partial charge on any atom is 0.332 e. The SMILES string of the molecule is CCCCCCCCCCCC(=O)CCC(=O)ON1C=NCC1. The molecule has 0 atom stereocenters. The highest BCUT2D eigenvalue weighted by molar-refractivity contribution is 5.83. The minimum absolute atomic E-state index is 0.167. The number of rotatable bonds is 14. The van der Waals surface area contributed by atoms with Crippen molar-refractivity contribution in [1.29, 1.82) is 0 Å². The van der Waals surface area contributed by atoms with E-state index in [1.54, 1.807) is 0 Å². The Kier molecular flexibility index (Phi) is 11.2. The predicted octanol–water partition coefficient (Wildman–Crippen LogP) is 4.06. The van der Waals surface area contributed by atoms with Gasteiger partial charge in [-0.15, -0.1) is 0 Å². The maximum atomic E-state index is 11.7. The van der Waals surface area contributed by atoms with Gasteiger partial charge in [0.2, 0.25) is 0 Å². The molecule has 1 aliphatic rings. The van der Waals surface area contributed by atoms with Gasteiger partial charge in [-0.2, -0.15) is 5.06 Å². The van der Waals surface area contributed by atoms with E-state index in [0.717, 1.165) is 12.8 Å². The smallest absolute Gasteiger partial charge is 0.332 e. The number of hydrogen-bond acceptors (Lipinski definition) is 5. The van der Waals surface area contributed by atoms with Crippen molar-refractivity contribution in [2.45, 2.75) is 84.0 Å². The van der Waals surface area contributed by atoms with Gasteiger partial charge in [0.25, 0.3) is 0 Å². The predicted molar refractivity (Wildman–Crippen MR) is 92.2 cm³/mol. The monoisotopic (exact) mass is 324 g/mol. The van der Waals surface area contributed by atoms with E-state index in [1.165, 1.54) is 56.3 Å². The average molecular weight is 324 g/mol. The molecule has 5 nitrogen and oxygen atoms in total. The average Bonchev–Trinajstić information content (AvgIpc) is 3.04. The minimum atomic E-state index is -0.348. The lowest BCUT2D eigenvalue weighted by Gasteiger charge is -2.12. The van der Waals surface area contributed by atoms with Gasteiger partial charge >= 0.3 is 5.97 Å². The second-order valence-electron chi connectivity index (χ2n) is 6.24. The van der Waals surface area contributed by atoms with Crippen LogP contribution >= 0.6 is 0 Å². The minimum Gasteiger partial charge on any atom is -0.340 e. The quantitative estimate of drug-likeness (QED) is 0.452. The Bertz CT molecular complexity index is 369. The lowest BCUT2D eigenvalue weighted by molar-refractivity contribution is -0.170. The second kappa shape index (κ2) is 13.1. The number of unbranched alkanes of at least 4 members (excludes halogenated alkanes) is 8. The van der Waals surface area contributed by atoms with Crippen molar-refractivity contribution in [3.63, 3.8) is 0 Å². The molecule has 0 fully saturated rings. The summed E-state index contributed by atoms with van der Waals surface area (Å²) in [5.41, 5.74) is 0. The molecule has 0 spiro atoms. The molecule has 1 rings (SSSR count). The van der Waals surface area contributed by atoms with Gasteiger partial charge in [-0.25, -0.2) is 4.79 Å². The van der Waals surface area contributed by atoms with Gasteiger partial charge in [-0.1, -0.05) is 58.3 Å². The third-order valence-corrected chi connectivity index (χ3v) is 4.05. The number of carbonyl (C=O) groups excluding carboxylic acids is 2. The van der Waals surface area contributed by atoms with Crippen LogP contribution in [0.25, 0.3) is 0 Å².